The van der Waals surface area contributed by atoms with Gasteiger partial charge in [-0.3, -0.25) is 0 Å². The minimum atomic E-state index is -0.236. The Kier molecular flexibility index (Phi) is 8.04. The first-order chi connectivity index (χ1) is 10.0. The van der Waals surface area contributed by atoms with E-state index in [9.17, 15) is 5.11 Å². The highest BCUT2D eigenvalue weighted by molar-refractivity contribution is 5.85. The Morgan fingerprint density at radius 3 is 2.52 bits per heavy atom. The molecule has 5 nitrogen and oxygen atoms in total. The second kappa shape index (κ2) is 9.26. The van der Waals surface area contributed by atoms with Crippen molar-refractivity contribution < 1.29 is 10.3 Å². The number of rotatable bonds is 9. The molecule has 0 spiro atoms. The Labute approximate surface area is 129 Å². The zero-order valence-electron chi connectivity index (χ0n) is 13.6. The molecule has 0 bridgehead atoms. The van der Waals surface area contributed by atoms with Crippen LogP contribution < -0.4 is 11.1 Å². The van der Waals surface area contributed by atoms with E-state index in [2.05, 4.69) is 10.5 Å². The van der Waals surface area contributed by atoms with Crippen molar-refractivity contribution in [3.05, 3.63) is 0 Å². The summed E-state index contributed by atoms with van der Waals surface area (Å²) in [5, 5.41) is 24.8. The highest BCUT2D eigenvalue weighted by atomic mass is 16.4. The Morgan fingerprint density at radius 1 is 1.24 bits per heavy atom. The maximum absolute atomic E-state index is 9.40. The summed E-state index contributed by atoms with van der Waals surface area (Å²) in [5.74, 6) is 1.44. The monoisotopic (exact) mass is 299 g/mol. The molecule has 2 atom stereocenters. The SMILES string of the molecule is CC(C)(CCCCNCC1CCCCC1CO)C(N)=NO. The first-order valence-electron chi connectivity index (χ1n) is 8.31. The Balaban J connectivity index is 2.12. The first kappa shape index (κ1) is 18.2. The summed E-state index contributed by atoms with van der Waals surface area (Å²) in [6, 6.07) is 0. The van der Waals surface area contributed by atoms with Crippen LogP contribution in [0.4, 0.5) is 0 Å². The lowest BCUT2D eigenvalue weighted by atomic mass is 9.79. The van der Waals surface area contributed by atoms with Crippen molar-refractivity contribution in [3.63, 3.8) is 0 Å². The zero-order valence-corrected chi connectivity index (χ0v) is 13.6. The second-order valence-corrected chi connectivity index (χ2v) is 7.02. The van der Waals surface area contributed by atoms with E-state index in [1.165, 1.54) is 25.7 Å². The molecule has 21 heavy (non-hydrogen) atoms. The normalized spacial score (nSPS) is 24.2. The second-order valence-electron chi connectivity index (χ2n) is 7.02. The van der Waals surface area contributed by atoms with Crippen LogP contribution in [0, 0.1) is 17.3 Å². The third kappa shape index (κ3) is 6.22. The van der Waals surface area contributed by atoms with Crippen LogP contribution in [0.1, 0.15) is 58.8 Å². The van der Waals surface area contributed by atoms with E-state index >= 15 is 0 Å². The topological polar surface area (TPSA) is 90.9 Å². The molecule has 0 amide bonds. The van der Waals surface area contributed by atoms with Crippen molar-refractivity contribution in [3.8, 4) is 0 Å². The molecule has 5 heteroatoms. The van der Waals surface area contributed by atoms with Crippen molar-refractivity contribution in [2.75, 3.05) is 19.7 Å². The number of unbranched alkanes of at least 4 members (excludes halogenated alkanes) is 1. The molecule has 2 unspecified atom stereocenters. The zero-order chi connectivity index (χ0) is 15.7. The van der Waals surface area contributed by atoms with E-state index in [1.807, 2.05) is 13.8 Å². The molecule has 0 saturated heterocycles. The first-order valence-corrected chi connectivity index (χ1v) is 8.31. The summed E-state index contributed by atoms with van der Waals surface area (Å²) < 4.78 is 0. The van der Waals surface area contributed by atoms with Crippen molar-refractivity contribution in [2.45, 2.75) is 58.8 Å². The van der Waals surface area contributed by atoms with Crippen LogP contribution in [0.3, 0.4) is 0 Å². The standard InChI is InChI=1S/C16H33N3O2/c1-16(2,15(17)19-21)9-5-6-10-18-11-13-7-3-4-8-14(13)12-20/h13-14,18,20-21H,3-12H2,1-2H3,(H2,17,19). The number of oxime groups is 1. The molecule has 1 aliphatic carbocycles. The third-order valence-corrected chi connectivity index (χ3v) is 4.91. The predicted molar refractivity (Wildman–Crippen MR) is 86.4 cm³/mol. The highest BCUT2D eigenvalue weighted by Gasteiger charge is 2.24. The van der Waals surface area contributed by atoms with Crippen LogP contribution in [0.25, 0.3) is 0 Å². The van der Waals surface area contributed by atoms with Gasteiger partial charge in [-0.1, -0.05) is 38.3 Å². The molecule has 0 aliphatic heterocycles. The van der Waals surface area contributed by atoms with Gasteiger partial charge in [0.25, 0.3) is 0 Å². The van der Waals surface area contributed by atoms with Gasteiger partial charge in [0.05, 0.1) is 0 Å². The fourth-order valence-corrected chi connectivity index (χ4v) is 3.16. The van der Waals surface area contributed by atoms with Crippen LogP contribution in [0.2, 0.25) is 0 Å². The number of aliphatic hydroxyl groups is 1. The number of aliphatic hydroxyl groups excluding tert-OH is 1. The fourth-order valence-electron chi connectivity index (χ4n) is 3.16. The lowest BCUT2D eigenvalue weighted by molar-refractivity contribution is 0.133. The third-order valence-electron chi connectivity index (χ3n) is 4.91. The quantitative estimate of drug-likeness (QED) is 0.173. The Hall–Kier alpha value is -0.810. The number of nitrogens with zero attached hydrogens (tertiary/aromatic N) is 1. The van der Waals surface area contributed by atoms with E-state index in [0.717, 1.165) is 32.4 Å². The van der Waals surface area contributed by atoms with Crippen molar-refractivity contribution >= 4 is 5.84 Å². The Bertz CT molecular complexity index is 319. The van der Waals surface area contributed by atoms with Crippen LogP contribution in [-0.2, 0) is 0 Å². The molecular weight excluding hydrogens is 266 g/mol. The maximum Gasteiger partial charge on any atom is 0.144 e. The number of hydrogen-bond donors (Lipinski definition) is 4. The summed E-state index contributed by atoms with van der Waals surface area (Å²) in [7, 11) is 0. The van der Waals surface area contributed by atoms with Gasteiger partial charge in [0.15, 0.2) is 0 Å². The molecule has 1 rings (SSSR count). The average molecular weight is 299 g/mol. The molecular formula is C16H33N3O2. The van der Waals surface area contributed by atoms with Gasteiger partial charge in [-0.25, -0.2) is 0 Å². The van der Waals surface area contributed by atoms with E-state index in [0.29, 0.717) is 24.3 Å². The van der Waals surface area contributed by atoms with Crippen LogP contribution in [0.5, 0.6) is 0 Å². The van der Waals surface area contributed by atoms with Gasteiger partial charge in [0.1, 0.15) is 5.84 Å². The summed E-state index contributed by atoms with van der Waals surface area (Å²) in [4.78, 5) is 0. The summed E-state index contributed by atoms with van der Waals surface area (Å²) in [6.45, 7) is 6.36. The van der Waals surface area contributed by atoms with Gasteiger partial charge in [-0.15, -0.1) is 0 Å². The molecule has 124 valence electrons. The van der Waals surface area contributed by atoms with E-state index < -0.39 is 0 Å². The lowest BCUT2D eigenvalue weighted by Gasteiger charge is -2.30. The van der Waals surface area contributed by atoms with Crippen molar-refractivity contribution in [1.82, 2.24) is 5.32 Å². The predicted octanol–water partition coefficient (Wildman–Crippen LogP) is 2.32. The number of nitrogens with two attached hydrogens (primary N) is 1. The molecule has 1 fully saturated rings. The van der Waals surface area contributed by atoms with E-state index in [4.69, 9.17) is 10.9 Å². The number of amidine groups is 1. The molecule has 0 heterocycles. The lowest BCUT2D eigenvalue weighted by Crippen LogP contribution is -2.33. The smallest absolute Gasteiger partial charge is 0.144 e. The molecule has 0 radical (unpaired) electrons. The van der Waals surface area contributed by atoms with Crippen LogP contribution in [0.15, 0.2) is 5.16 Å². The molecule has 1 aliphatic rings. The van der Waals surface area contributed by atoms with Crippen molar-refractivity contribution in [2.24, 2.45) is 28.1 Å². The minimum Gasteiger partial charge on any atom is -0.409 e. The minimum absolute atomic E-state index is 0.236. The fraction of sp³-hybridized carbons (Fsp3) is 0.938. The van der Waals surface area contributed by atoms with Gasteiger partial charge in [-0.05, 0) is 50.6 Å². The van der Waals surface area contributed by atoms with Gasteiger partial charge >= 0.3 is 0 Å². The summed E-state index contributed by atoms with van der Waals surface area (Å²) in [6.07, 6.45) is 8.07. The molecule has 5 N–H and O–H groups in total. The van der Waals surface area contributed by atoms with E-state index in [1.54, 1.807) is 0 Å². The molecule has 0 aromatic rings. The largest absolute Gasteiger partial charge is 0.409 e. The molecule has 1 saturated carbocycles. The summed E-state index contributed by atoms with van der Waals surface area (Å²) in [5.41, 5.74) is 5.44. The van der Waals surface area contributed by atoms with Gasteiger partial charge < -0.3 is 21.4 Å². The van der Waals surface area contributed by atoms with Crippen molar-refractivity contribution in [1.29, 1.82) is 0 Å². The van der Waals surface area contributed by atoms with Gasteiger partial charge in [0, 0.05) is 12.0 Å². The Morgan fingerprint density at radius 2 is 1.90 bits per heavy atom. The number of hydrogen-bond acceptors (Lipinski definition) is 4. The maximum atomic E-state index is 9.40. The van der Waals surface area contributed by atoms with Gasteiger partial charge in [-0.2, -0.15) is 0 Å². The highest BCUT2D eigenvalue weighted by Crippen LogP contribution is 2.29. The van der Waals surface area contributed by atoms with Crippen LogP contribution >= 0.6 is 0 Å². The average Bonchev–Trinajstić information content (AvgIpc) is 2.50. The van der Waals surface area contributed by atoms with E-state index in [-0.39, 0.29) is 5.41 Å². The van der Waals surface area contributed by atoms with Gasteiger partial charge in [0.2, 0.25) is 0 Å². The number of nitrogens with one attached hydrogen (secondary N) is 1. The van der Waals surface area contributed by atoms with Crippen LogP contribution in [-0.4, -0.2) is 35.8 Å². The molecule has 0 aromatic heterocycles. The summed E-state index contributed by atoms with van der Waals surface area (Å²) >= 11 is 0. The molecule has 0 aromatic carbocycles.